The Bertz CT molecular complexity index is 1010. The molecular weight excluding hydrogens is 354 g/mol. The van der Waals surface area contributed by atoms with E-state index in [9.17, 15) is 4.79 Å². The molecule has 3 aromatic rings. The minimum atomic E-state index is 0.202. The third-order valence-electron chi connectivity index (χ3n) is 5.54. The highest BCUT2D eigenvalue weighted by Gasteiger charge is 2.22. The van der Waals surface area contributed by atoms with Crippen molar-refractivity contribution in [2.75, 3.05) is 33.0 Å². The summed E-state index contributed by atoms with van der Waals surface area (Å²) >= 11 is 0. The van der Waals surface area contributed by atoms with Crippen LogP contribution in [-0.4, -0.2) is 53.7 Å². The number of hydrogen-bond acceptors (Lipinski definition) is 4. The van der Waals surface area contributed by atoms with Gasteiger partial charge in [0, 0.05) is 44.4 Å². The molecule has 1 amide bonds. The van der Waals surface area contributed by atoms with Crippen LogP contribution in [0.2, 0.25) is 0 Å². The Hall–Kier alpha value is -2.99. The van der Waals surface area contributed by atoms with Crippen LogP contribution in [0.15, 0.2) is 48.7 Å². The summed E-state index contributed by atoms with van der Waals surface area (Å²) in [5.74, 6) is 1.84. The molecule has 1 saturated heterocycles. The quantitative estimate of drug-likeness (QED) is 0.760. The lowest BCUT2D eigenvalue weighted by Gasteiger charge is -2.35. The second kappa shape index (κ2) is 7.20. The van der Waals surface area contributed by atoms with Gasteiger partial charge >= 0.3 is 0 Å². The molecule has 0 bridgehead atoms. The molecule has 6 nitrogen and oxygen atoms in total. The van der Waals surface area contributed by atoms with Crippen LogP contribution < -0.4 is 9.47 Å². The van der Waals surface area contributed by atoms with Crippen molar-refractivity contribution in [2.45, 2.75) is 13.0 Å². The molecule has 0 spiro atoms. The van der Waals surface area contributed by atoms with Crippen molar-refractivity contribution >= 4 is 16.8 Å². The number of benzene rings is 2. The number of amides is 1. The third kappa shape index (κ3) is 3.43. The van der Waals surface area contributed by atoms with Gasteiger partial charge in [-0.25, -0.2) is 0 Å². The van der Waals surface area contributed by atoms with E-state index in [1.807, 2.05) is 29.3 Å². The van der Waals surface area contributed by atoms with Crippen LogP contribution in [0.1, 0.15) is 11.1 Å². The van der Waals surface area contributed by atoms with Crippen LogP contribution in [0.4, 0.5) is 0 Å². The number of ether oxygens (including phenoxy) is 2. The zero-order chi connectivity index (χ0) is 18.9. The summed E-state index contributed by atoms with van der Waals surface area (Å²) in [7, 11) is 0. The van der Waals surface area contributed by atoms with Gasteiger partial charge in [0.15, 0.2) is 11.5 Å². The van der Waals surface area contributed by atoms with Crippen molar-refractivity contribution in [3.05, 3.63) is 59.8 Å². The Morgan fingerprint density at radius 3 is 2.64 bits per heavy atom. The van der Waals surface area contributed by atoms with Crippen molar-refractivity contribution in [1.29, 1.82) is 0 Å². The molecule has 3 heterocycles. The first-order valence-corrected chi connectivity index (χ1v) is 9.69. The fraction of sp³-hybridized carbons (Fsp3) is 0.318. The molecule has 144 valence electrons. The van der Waals surface area contributed by atoms with Gasteiger partial charge in [-0.1, -0.05) is 18.2 Å². The Labute approximate surface area is 163 Å². The molecule has 28 heavy (non-hydrogen) atoms. The minimum Gasteiger partial charge on any atom is -0.454 e. The van der Waals surface area contributed by atoms with Crippen LogP contribution in [0.25, 0.3) is 10.9 Å². The number of nitrogens with zero attached hydrogens (tertiary/aromatic N) is 2. The number of nitrogens with one attached hydrogen (secondary N) is 1. The largest absolute Gasteiger partial charge is 0.454 e. The summed E-state index contributed by atoms with van der Waals surface area (Å²) in [5.41, 5.74) is 3.35. The lowest BCUT2D eigenvalue weighted by atomic mass is 10.1. The number of H-pyrrole nitrogens is 1. The molecule has 5 rings (SSSR count). The van der Waals surface area contributed by atoms with Gasteiger partial charge in [-0.2, -0.15) is 0 Å². The molecule has 6 heteroatoms. The monoisotopic (exact) mass is 377 g/mol. The summed E-state index contributed by atoms with van der Waals surface area (Å²) in [6.45, 7) is 4.48. The SMILES string of the molecule is O=C(Cc1ccc2cc[nH]c2c1)N1CCN(Cc2ccc3c(c2)OCO3)CC1. The van der Waals surface area contributed by atoms with E-state index in [0.717, 1.165) is 55.3 Å². The van der Waals surface area contributed by atoms with Crippen LogP contribution in [0.5, 0.6) is 11.5 Å². The number of rotatable bonds is 4. The van der Waals surface area contributed by atoms with E-state index in [1.54, 1.807) is 0 Å². The Morgan fingerprint density at radius 2 is 1.75 bits per heavy atom. The van der Waals surface area contributed by atoms with E-state index >= 15 is 0 Å². The van der Waals surface area contributed by atoms with Crippen LogP contribution in [-0.2, 0) is 17.8 Å². The smallest absolute Gasteiger partial charge is 0.231 e. The zero-order valence-electron chi connectivity index (χ0n) is 15.7. The highest BCUT2D eigenvalue weighted by Crippen LogP contribution is 2.32. The summed E-state index contributed by atoms with van der Waals surface area (Å²) < 4.78 is 10.8. The molecule has 2 aliphatic heterocycles. The second-order valence-electron chi connectivity index (χ2n) is 7.42. The van der Waals surface area contributed by atoms with E-state index in [2.05, 4.69) is 34.1 Å². The molecule has 0 unspecified atom stereocenters. The first kappa shape index (κ1) is 17.1. The van der Waals surface area contributed by atoms with Gasteiger partial charge in [-0.15, -0.1) is 0 Å². The van der Waals surface area contributed by atoms with Crippen LogP contribution in [0.3, 0.4) is 0 Å². The molecule has 0 saturated carbocycles. The maximum atomic E-state index is 12.7. The van der Waals surface area contributed by atoms with E-state index < -0.39 is 0 Å². The van der Waals surface area contributed by atoms with Gasteiger partial charge < -0.3 is 19.4 Å². The van der Waals surface area contributed by atoms with E-state index in [-0.39, 0.29) is 5.91 Å². The first-order valence-electron chi connectivity index (χ1n) is 9.69. The molecule has 0 atom stereocenters. The zero-order valence-corrected chi connectivity index (χ0v) is 15.7. The van der Waals surface area contributed by atoms with Gasteiger partial charge in [0.2, 0.25) is 12.7 Å². The van der Waals surface area contributed by atoms with E-state index in [0.29, 0.717) is 13.2 Å². The summed E-state index contributed by atoms with van der Waals surface area (Å²) in [4.78, 5) is 20.3. The van der Waals surface area contributed by atoms with Crippen molar-refractivity contribution in [1.82, 2.24) is 14.8 Å². The standard InChI is InChI=1S/C22H23N3O3/c26-22(13-16-1-3-18-5-6-23-19(18)11-16)25-9-7-24(8-10-25)14-17-2-4-20-21(12-17)28-15-27-20/h1-6,11-12,23H,7-10,13-15H2. The lowest BCUT2D eigenvalue weighted by molar-refractivity contribution is -0.132. The molecular formula is C22H23N3O3. The summed E-state index contributed by atoms with van der Waals surface area (Å²) in [6.07, 6.45) is 2.38. The first-order chi connectivity index (χ1) is 13.7. The van der Waals surface area contributed by atoms with Crippen molar-refractivity contribution in [2.24, 2.45) is 0 Å². The Kier molecular flexibility index (Phi) is 4.41. The average Bonchev–Trinajstić information content (AvgIpc) is 3.36. The molecule has 1 N–H and O–H groups in total. The lowest BCUT2D eigenvalue weighted by Crippen LogP contribution is -2.48. The number of carbonyl (C=O) groups excluding carboxylic acids is 1. The highest BCUT2D eigenvalue weighted by molar-refractivity contribution is 5.83. The number of hydrogen-bond donors (Lipinski definition) is 1. The van der Waals surface area contributed by atoms with Crippen molar-refractivity contribution in [3.8, 4) is 11.5 Å². The predicted octanol–water partition coefficient (Wildman–Crippen LogP) is 2.78. The Morgan fingerprint density at radius 1 is 0.929 bits per heavy atom. The molecule has 2 aromatic carbocycles. The predicted molar refractivity (Wildman–Crippen MR) is 106 cm³/mol. The average molecular weight is 377 g/mol. The Balaban J connectivity index is 1.15. The number of piperazine rings is 1. The normalized spacial score (nSPS) is 16.6. The number of carbonyl (C=O) groups is 1. The third-order valence-corrected chi connectivity index (χ3v) is 5.54. The van der Waals surface area contributed by atoms with Gasteiger partial charge in [0.1, 0.15) is 0 Å². The van der Waals surface area contributed by atoms with Gasteiger partial charge in [0.25, 0.3) is 0 Å². The summed E-state index contributed by atoms with van der Waals surface area (Å²) in [5, 5.41) is 1.17. The van der Waals surface area contributed by atoms with Gasteiger partial charge in [-0.05, 0) is 40.8 Å². The van der Waals surface area contributed by atoms with Crippen molar-refractivity contribution < 1.29 is 14.3 Å². The van der Waals surface area contributed by atoms with E-state index in [1.165, 1.54) is 10.9 Å². The number of aromatic amines is 1. The van der Waals surface area contributed by atoms with Gasteiger partial charge in [0.05, 0.1) is 6.42 Å². The topological polar surface area (TPSA) is 57.8 Å². The van der Waals surface area contributed by atoms with Crippen LogP contribution >= 0.6 is 0 Å². The minimum absolute atomic E-state index is 0.202. The highest BCUT2D eigenvalue weighted by atomic mass is 16.7. The second-order valence-corrected chi connectivity index (χ2v) is 7.42. The van der Waals surface area contributed by atoms with Gasteiger partial charge in [-0.3, -0.25) is 9.69 Å². The molecule has 2 aliphatic rings. The number of fused-ring (bicyclic) bond motifs is 2. The molecule has 1 aromatic heterocycles. The maximum Gasteiger partial charge on any atom is 0.231 e. The van der Waals surface area contributed by atoms with E-state index in [4.69, 9.17) is 9.47 Å². The molecule has 1 fully saturated rings. The summed E-state index contributed by atoms with van der Waals surface area (Å²) in [6, 6.07) is 14.3. The van der Waals surface area contributed by atoms with Crippen molar-refractivity contribution in [3.63, 3.8) is 0 Å². The number of aromatic nitrogens is 1. The fourth-order valence-electron chi connectivity index (χ4n) is 3.94. The maximum absolute atomic E-state index is 12.7. The fourth-order valence-corrected chi connectivity index (χ4v) is 3.94. The van der Waals surface area contributed by atoms with Crippen LogP contribution in [0, 0.1) is 0 Å². The molecule has 0 radical (unpaired) electrons. The molecule has 0 aliphatic carbocycles.